The van der Waals surface area contributed by atoms with E-state index < -0.39 is 0 Å². The number of rotatable bonds is 5. The van der Waals surface area contributed by atoms with Crippen molar-refractivity contribution >= 4 is 33.4 Å². The predicted octanol–water partition coefficient (Wildman–Crippen LogP) is 3.31. The zero-order valence-electron chi connectivity index (χ0n) is 15.0. The Morgan fingerprint density at radius 1 is 1.07 bits per heavy atom. The van der Waals surface area contributed by atoms with Gasteiger partial charge in [0.15, 0.2) is 0 Å². The molecule has 4 aromatic rings. The molecule has 0 radical (unpaired) electrons. The van der Waals surface area contributed by atoms with E-state index in [0.29, 0.717) is 23.8 Å². The number of amides is 1. The third-order valence-corrected chi connectivity index (χ3v) is 5.18. The third kappa shape index (κ3) is 3.43. The van der Waals surface area contributed by atoms with Crippen LogP contribution in [0.3, 0.4) is 0 Å². The van der Waals surface area contributed by atoms with Crippen LogP contribution in [0.1, 0.15) is 27.9 Å². The van der Waals surface area contributed by atoms with E-state index in [9.17, 15) is 4.79 Å². The molecule has 0 N–H and O–H groups in total. The molecule has 1 amide bonds. The molecular weight excluding hydrogens is 360 g/mol. The van der Waals surface area contributed by atoms with Gasteiger partial charge in [0.25, 0.3) is 5.91 Å². The summed E-state index contributed by atoms with van der Waals surface area (Å²) in [5, 5.41) is 18.2. The maximum absolute atomic E-state index is 12.8. The summed E-state index contributed by atoms with van der Waals surface area (Å²) < 4.78 is 1.79. The number of benzene rings is 2. The van der Waals surface area contributed by atoms with Gasteiger partial charge in [-0.3, -0.25) is 9.69 Å². The Morgan fingerprint density at radius 2 is 1.85 bits per heavy atom. The molecule has 2 heterocycles. The molecule has 0 fully saturated rings. The minimum absolute atomic E-state index is 0.0774. The number of para-hydroxylation sites is 1. The van der Waals surface area contributed by atoms with E-state index in [1.54, 1.807) is 9.58 Å². The van der Waals surface area contributed by atoms with Gasteiger partial charge < -0.3 is 0 Å². The summed E-state index contributed by atoms with van der Waals surface area (Å²) >= 11 is 1.39. The van der Waals surface area contributed by atoms with E-state index in [4.69, 9.17) is 0 Å². The molecule has 4 rings (SSSR count). The van der Waals surface area contributed by atoms with Gasteiger partial charge in [-0.05, 0) is 38.1 Å². The first-order valence-electron chi connectivity index (χ1n) is 8.65. The molecule has 8 heteroatoms. The van der Waals surface area contributed by atoms with Crippen LogP contribution in [-0.4, -0.2) is 37.6 Å². The average Bonchev–Trinajstić information content (AvgIpc) is 3.31. The fraction of sp³-hybridized carbons (Fsp3) is 0.211. The van der Waals surface area contributed by atoms with Crippen LogP contribution in [0.15, 0.2) is 48.5 Å². The van der Waals surface area contributed by atoms with E-state index in [-0.39, 0.29) is 5.91 Å². The zero-order chi connectivity index (χ0) is 18.8. The summed E-state index contributed by atoms with van der Waals surface area (Å²) in [7, 11) is 0. The lowest BCUT2D eigenvalue weighted by Crippen LogP contribution is -2.30. The molecule has 0 aliphatic heterocycles. The molecule has 136 valence electrons. The zero-order valence-corrected chi connectivity index (χ0v) is 15.8. The predicted molar refractivity (Wildman–Crippen MR) is 105 cm³/mol. The first kappa shape index (κ1) is 17.3. The van der Waals surface area contributed by atoms with Gasteiger partial charge in [-0.25, -0.2) is 4.68 Å². The molecule has 0 saturated heterocycles. The van der Waals surface area contributed by atoms with Gasteiger partial charge in [0.1, 0.15) is 10.5 Å². The molecule has 0 atom stereocenters. The molecular formula is C19H18N6OS. The van der Waals surface area contributed by atoms with Crippen molar-refractivity contribution in [2.45, 2.75) is 20.4 Å². The number of aromatic nitrogens is 5. The Balaban J connectivity index is 1.57. The number of fused-ring (bicyclic) bond motifs is 1. The second-order valence-electron chi connectivity index (χ2n) is 6.13. The minimum Gasteiger partial charge on any atom is -0.283 e. The summed E-state index contributed by atoms with van der Waals surface area (Å²) in [6, 6.07) is 15.3. The van der Waals surface area contributed by atoms with E-state index in [1.807, 2.05) is 62.4 Å². The number of hydrogen-bond donors (Lipinski definition) is 0. The fourth-order valence-electron chi connectivity index (χ4n) is 2.80. The number of aryl methyl sites for hydroxylation is 1. The van der Waals surface area contributed by atoms with Crippen LogP contribution in [0.5, 0.6) is 0 Å². The number of nitrogens with zero attached hydrogens (tertiary/aromatic N) is 6. The third-order valence-electron chi connectivity index (χ3n) is 4.25. The largest absolute Gasteiger partial charge is 0.283 e. The van der Waals surface area contributed by atoms with Crippen molar-refractivity contribution in [3.8, 4) is 0 Å². The van der Waals surface area contributed by atoms with Gasteiger partial charge in [0, 0.05) is 12.1 Å². The van der Waals surface area contributed by atoms with Crippen molar-refractivity contribution in [1.29, 1.82) is 0 Å². The molecule has 0 bridgehead atoms. The Labute approximate surface area is 160 Å². The standard InChI is InChI=1S/C19H18N6OS/c1-3-24(18(26)14-10-8-13(2)9-11-14)19-22-21-17(27-19)12-25-16-7-5-4-6-15(16)20-23-25/h4-11H,3,12H2,1-2H3. The fourth-order valence-corrected chi connectivity index (χ4v) is 3.68. The molecule has 2 aromatic carbocycles. The quantitative estimate of drug-likeness (QED) is 0.532. The van der Waals surface area contributed by atoms with Crippen molar-refractivity contribution in [2.24, 2.45) is 0 Å². The molecule has 2 aromatic heterocycles. The summed E-state index contributed by atoms with van der Waals surface area (Å²) in [5.41, 5.74) is 3.54. The maximum atomic E-state index is 12.8. The molecule has 27 heavy (non-hydrogen) atoms. The lowest BCUT2D eigenvalue weighted by Gasteiger charge is -2.17. The van der Waals surface area contributed by atoms with Gasteiger partial charge in [-0.2, -0.15) is 0 Å². The Morgan fingerprint density at radius 3 is 2.63 bits per heavy atom. The highest BCUT2D eigenvalue weighted by molar-refractivity contribution is 7.15. The Kier molecular flexibility index (Phi) is 4.64. The number of hydrogen-bond acceptors (Lipinski definition) is 6. The number of carbonyl (C=O) groups excluding carboxylic acids is 1. The van der Waals surface area contributed by atoms with Crippen molar-refractivity contribution in [3.05, 3.63) is 64.7 Å². The SMILES string of the molecule is CCN(C(=O)c1ccc(C)cc1)c1nnc(Cn2nnc3ccccc32)s1. The number of carbonyl (C=O) groups is 1. The topological polar surface area (TPSA) is 76.8 Å². The van der Waals surface area contributed by atoms with E-state index in [2.05, 4.69) is 20.5 Å². The Hall–Kier alpha value is -3.13. The molecule has 0 aliphatic carbocycles. The first-order chi connectivity index (χ1) is 13.2. The van der Waals surface area contributed by atoms with Crippen LogP contribution in [0.25, 0.3) is 11.0 Å². The highest BCUT2D eigenvalue weighted by Crippen LogP contribution is 2.23. The molecule has 0 aliphatic rings. The molecule has 0 spiro atoms. The summed E-state index contributed by atoms with van der Waals surface area (Å²) in [6.07, 6.45) is 0. The van der Waals surface area contributed by atoms with Gasteiger partial charge in [-0.15, -0.1) is 15.3 Å². The average molecular weight is 378 g/mol. The van der Waals surface area contributed by atoms with E-state index >= 15 is 0 Å². The van der Waals surface area contributed by atoms with Gasteiger partial charge >= 0.3 is 0 Å². The van der Waals surface area contributed by atoms with Crippen LogP contribution in [0, 0.1) is 6.92 Å². The highest BCUT2D eigenvalue weighted by Gasteiger charge is 2.20. The minimum atomic E-state index is -0.0774. The highest BCUT2D eigenvalue weighted by atomic mass is 32.1. The monoisotopic (exact) mass is 378 g/mol. The maximum Gasteiger partial charge on any atom is 0.260 e. The second-order valence-corrected chi connectivity index (χ2v) is 7.17. The normalized spacial score (nSPS) is 11.0. The Bertz CT molecular complexity index is 1080. The van der Waals surface area contributed by atoms with Gasteiger partial charge in [-0.1, -0.05) is 46.4 Å². The summed E-state index contributed by atoms with van der Waals surface area (Å²) in [4.78, 5) is 14.5. The van der Waals surface area contributed by atoms with Crippen molar-refractivity contribution in [2.75, 3.05) is 11.4 Å². The van der Waals surface area contributed by atoms with E-state index in [1.165, 1.54) is 11.3 Å². The van der Waals surface area contributed by atoms with Crippen LogP contribution in [0.2, 0.25) is 0 Å². The van der Waals surface area contributed by atoms with Crippen LogP contribution >= 0.6 is 11.3 Å². The van der Waals surface area contributed by atoms with Crippen molar-refractivity contribution in [1.82, 2.24) is 25.2 Å². The number of anilines is 1. The molecule has 7 nitrogen and oxygen atoms in total. The van der Waals surface area contributed by atoms with E-state index in [0.717, 1.165) is 21.6 Å². The van der Waals surface area contributed by atoms with Crippen molar-refractivity contribution < 1.29 is 4.79 Å². The van der Waals surface area contributed by atoms with Crippen LogP contribution in [-0.2, 0) is 6.54 Å². The van der Waals surface area contributed by atoms with Crippen molar-refractivity contribution in [3.63, 3.8) is 0 Å². The second kappa shape index (κ2) is 7.24. The van der Waals surface area contributed by atoms with Crippen LogP contribution < -0.4 is 4.90 Å². The smallest absolute Gasteiger partial charge is 0.260 e. The molecule has 0 saturated carbocycles. The lowest BCUT2D eigenvalue weighted by atomic mass is 10.1. The van der Waals surface area contributed by atoms with Gasteiger partial charge in [0.2, 0.25) is 5.13 Å². The first-order valence-corrected chi connectivity index (χ1v) is 9.46. The summed E-state index contributed by atoms with van der Waals surface area (Å²) in [6.45, 7) is 4.91. The summed E-state index contributed by atoms with van der Waals surface area (Å²) in [5.74, 6) is -0.0774. The van der Waals surface area contributed by atoms with Gasteiger partial charge in [0.05, 0.1) is 12.1 Å². The molecule has 0 unspecified atom stereocenters. The lowest BCUT2D eigenvalue weighted by molar-refractivity contribution is 0.0988. The van der Waals surface area contributed by atoms with Crippen LogP contribution in [0.4, 0.5) is 5.13 Å².